The van der Waals surface area contributed by atoms with Crippen LogP contribution in [0.15, 0.2) is 0 Å². The summed E-state index contributed by atoms with van der Waals surface area (Å²) in [7, 11) is 2.24. The van der Waals surface area contributed by atoms with Crippen LogP contribution in [0, 0.1) is 0 Å². The second-order valence-corrected chi connectivity index (χ2v) is 6.87. The van der Waals surface area contributed by atoms with Gasteiger partial charge in [-0.15, -0.1) is 0 Å². The van der Waals surface area contributed by atoms with Gasteiger partial charge in [-0.1, -0.05) is 6.42 Å². The summed E-state index contributed by atoms with van der Waals surface area (Å²) in [5.41, 5.74) is 0.272. The monoisotopic (exact) mass is 260 g/mol. The van der Waals surface area contributed by atoms with Gasteiger partial charge in [0.2, 0.25) is 0 Å². The third kappa shape index (κ3) is 14.2. The maximum absolute atomic E-state index is 3.54. The van der Waals surface area contributed by atoms with Gasteiger partial charge in [-0.2, -0.15) is 11.8 Å². The number of thioether (sulfide) groups is 1. The molecule has 0 heterocycles. The Balaban J connectivity index is 3.22. The third-order valence-corrected chi connectivity index (χ3v) is 3.46. The van der Waals surface area contributed by atoms with Crippen molar-refractivity contribution in [3.8, 4) is 0 Å². The van der Waals surface area contributed by atoms with E-state index in [4.69, 9.17) is 0 Å². The lowest BCUT2D eigenvalue weighted by Gasteiger charge is -2.20. The number of nitrogens with zero attached hydrogens (tertiary/aromatic N) is 1. The largest absolute Gasteiger partial charge is 0.312 e. The third-order valence-electron chi connectivity index (χ3n) is 2.76. The highest BCUT2D eigenvalue weighted by atomic mass is 32.2. The first-order chi connectivity index (χ1) is 7.95. The molecule has 0 aromatic carbocycles. The summed E-state index contributed by atoms with van der Waals surface area (Å²) in [6.45, 7) is 10.3. The van der Waals surface area contributed by atoms with Crippen LogP contribution < -0.4 is 5.32 Å². The fourth-order valence-electron chi connectivity index (χ4n) is 1.74. The molecule has 2 nitrogen and oxygen atoms in total. The Morgan fingerprint density at radius 1 is 1.00 bits per heavy atom. The van der Waals surface area contributed by atoms with Gasteiger partial charge in [0.15, 0.2) is 0 Å². The topological polar surface area (TPSA) is 15.3 Å². The molecule has 0 rings (SSSR count). The second-order valence-electron chi connectivity index (χ2n) is 5.89. The highest BCUT2D eigenvalue weighted by molar-refractivity contribution is 7.98. The Morgan fingerprint density at radius 3 is 2.24 bits per heavy atom. The van der Waals surface area contributed by atoms with Gasteiger partial charge in [-0.25, -0.2) is 0 Å². The smallest absolute Gasteiger partial charge is 0.00965 e. The van der Waals surface area contributed by atoms with Crippen molar-refractivity contribution in [3.63, 3.8) is 0 Å². The summed E-state index contributed by atoms with van der Waals surface area (Å²) >= 11 is 1.95. The van der Waals surface area contributed by atoms with Crippen molar-refractivity contribution in [3.05, 3.63) is 0 Å². The zero-order valence-electron chi connectivity index (χ0n) is 12.5. The van der Waals surface area contributed by atoms with Gasteiger partial charge in [-0.3, -0.25) is 0 Å². The average molecular weight is 260 g/mol. The number of hydrogen-bond acceptors (Lipinski definition) is 3. The summed E-state index contributed by atoms with van der Waals surface area (Å²) in [6, 6.07) is 0. The molecule has 0 saturated heterocycles. The number of hydrogen-bond donors (Lipinski definition) is 1. The Labute approximate surface area is 113 Å². The SMILES string of the molecule is CSCCCN(C)CCCCCNC(C)(C)C. The van der Waals surface area contributed by atoms with Crippen LogP contribution >= 0.6 is 11.8 Å². The highest BCUT2D eigenvalue weighted by Gasteiger charge is 2.06. The molecule has 0 unspecified atom stereocenters. The first-order valence-corrected chi connectivity index (χ1v) is 8.27. The summed E-state index contributed by atoms with van der Waals surface area (Å²) in [5, 5.41) is 3.54. The molecule has 0 spiro atoms. The molecule has 3 heteroatoms. The molecule has 17 heavy (non-hydrogen) atoms. The molecule has 0 aliphatic heterocycles. The van der Waals surface area contributed by atoms with Crippen molar-refractivity contribution in [2.75, 3.05) is 38.7 Å². The van der Waals surface area contributed by atoms with E-state index in [-0.39, 0.29) is 5.54 Å². The lowest BCUT2D eigenvalue weighted by molar-refractivity contribution is 0.323. The highest BCUT2D eigenvalue weighted by Crippen LogP contribution is 2.02. The van der Waals surface area contributed by atoms with Crippen molar-refractivity contribution >= 4 is 11.8 Å². The number of rotatable bonds is 10. The van der Waals surface area contributed by atoms with Crippen LogP contribution in [0.4, 0.5) is 0 Å². The van der Waals surface area contributed by atoms with Crippen molar-refractivity contribution in [1.29, 1.82) is 0 Å². The van der Waals surface area contributed by atoms with Crippen LogP contribution in [0.3, 0.4) is 0 Å². The molecule has 0 bridgehead atoms. The molecule has 104 valence electrons. The van der Waals surface area contributed by atoms with E-state index in [1.54, 1.807) is 0 Å². The van der Waals surface area contributed by atoms with Crippen LogP contribution in [-0.2, 0) is 0 Å². The summed E-state index contributed by atoms with van der Waals surface area (Å²) < 4.78 is 0. The number of unbranched alkanes of at least 4 members (excludes halogenated alkanes) is 2. The van der Waals surface area contributed by atoms with Gasteiger partial charge in [0, 0.05) is 5.54 Å². The molecule has 0 fully saturated rings. The molecule has 0 amide bonds. The summed E-state index contributed by atoms with van der Waals surface area (Å²) in [5.74, 6) is 1.29. The van der Waals surface area contributed by atoms with Crippen molar-refractivity contribution in [1.82, 2.24) is 10.2 Å². The average Bonchev–Trinajstić information content (AvgIpc) is 2.22. The van der Waals surface area contributed by atoms with Crippen molar-refractivity contribution in [2.24, 2.45) is 0 Å². The van der Waals surface area contributed by atoms with Gasteiger partial charge < -0.3 is 10.2 Å². The fraction of sp³-hybridized carbons (Fsp3) is 1.00. The predicted octanol–water partition coefficient (Wildman–Crippen LogP) is 3.23. The van der Waals surface area contributed by atoms with E-state index in [1.807, 2.05) is 11.8 Å². The Bertz CT molecular complexity index is 166. The normalized spacial score (nSPS) is 12.4. The maximum Gasteiger partial charge on any atom is 0.00965 e. The second kappa shape index (κ2) is 10.2. The lowest BCUT2D eigenvalue weighted by Crippen LogP contribution is -2.36. The van der Waals surface area contributed by atoms with E-state index >= 15 is 0 Å². The van der Waals surface area contributed by atoms with Crippen LogP contribution in [0.2, 0.25) is 0 Å². The standard InChI is InChI=1S/C14H32N2S/c1-14(2,3)15-10-7-6-8-11-16(4)12-9-13-17-5/h15H,6-13H2,1-5H3. The van der Waals surface area contributed by atoms with Crippen molar-refractivity contribution < 1.29 is 0 Å². The van der Waals surface area contributed by atoms with Crippen LogP contribution in [0.1, 0.15) is 46.5 Å². The minimum Gasteiger partial charge on any atom is -0.312 e. The Hall–Kier alpha value is 0.270. The molecule has 1 N–H and O–H groups in total. The molecule has 0 atom stereocenters. The molecular formula is C14H32N2S. The first kappa shape index (κ1) is 17.3. The van der Waals surface area contributed by atoms with E-state index in [0.29, 0.717) is 0 Å². The van der Waals surface area contributed by atoms with Crippen LogP contribution in [0.5, 0.6) is 0 Å². The van der Waals surface area contributed by atoms with Gasteiger partial charge in [-0.05, 0) is 78.7 Å². The predicted molar refractivity (Wildman–Crippen MR) is 82.1 cm³/mol. The Kier molecular flexibility index (Phi) is 10.4. The van der Waals surface area contributed by atoms with E-state index in [9.17, 15) is 0 Å². The van der Waals surface area contributed by atoms with Crippen LogP contribution in [-0.4, -0.2) is 49.1 Å². The number of nitrogens with one attached hydrogen (secondary N) is 1. The summed E-state index contributed by atoms with van der Waals surface area (Å²) in [6.07, 6.45) is 7.49. The lowest BCUT2D eigenvalue weighted by atomic mass is 10.1. The molecule has 0 aliphatic carbocycles. The molecule has 0 aromatic heterocycles. The van der Waals surface area contributed by atoms with E-state index < -0.39 is 0 Å². The van der Waals surface area contributed by atoms with Crippen molar-refractivity contribution in [2.45, 2.75) is 52.0 Å². The van der Waals surface area contributed by atoms with Gasteiger partial charge in [0.05, 0.1) is 0 Å². The van der Waals surface area contributed by atoms with Crippen LogP contribution in [0.25, 0.3) is 0 Å². The molecular weight excluding hydrogens is 228 g/mol. The van der Waals surface area contributed by atoms with E-state index in [2.05, 4.69) is 44.3 Å². The molecule has 0 radical (unpaired) electrons. The van der Waals surface area contributed by atoms with Gasteiger partial charge in [0.25, 0.3) is 0 Å². The zero-order valence-corrected chi connectivity index (χ0v) is 13.3. The molecule has 0 saturated carbocycles. The van der Waals surface area contributed by atoms with E-state index in [0.717, 1.165) is 6.54 Å². The van der Waals surface area contributed by atoms with Gasteiger partial charge in [0.1, 0.15) is 0 Å². The maximum atomic E-state index is 3.54. The Morgan fingerprint density at radius 2 is 1.65 bits per heavy atom. The molecule has 0 aromatic rings. The molecule has 0 aliphatic rings. The van der Waals surface area contributed by atoms with Gasteiger partial charge >= 0.3 is 0 Å². The summed E-state index contributed by atoms with van der Waals surface area (Å²) in [4.78, 5) is 2.47. The zero-order chi connectivity index (χ0) is 13.1. The fourth-order valence-corrected chi connectivity index (χ4v) is 2.16. The minimum atomic E-state index is 0.272. The quantitative estimate of drug-likeness (QED) is 0.607. The van der Waals surface area contributed by atoms with E-state index in [1.165, 1.54) is 44.5 Å². The minimum absolute atomic E-state index is 0.272. The first-order valence-electron chi connectivity index (χ1n) is 6.88.